The van der Waals surface area contributed by atoms with Crippen molar-refractivity contribution in [1.82, 2.24) is 0 Å². The quantitative estimate of drug-likeness (QED) is 0.680. The molecule has 0 spiro atoms. The highest BCUT2D eigenvalue weighted by Gasteiger charge is 2.44. The Balaban J connectivity index is 1.70. The maximum absolute atomic E-state index is 5.98. The van der Waals surface area contributed by atoms with E-state index >= 15 is 0 Å². The standard InChI is InChI=1S/C24H34N2O2/c1-23(2)17-24(13-16-28-23,19-26(3)4)18-25-14-12-21(22-11-8-15-27-22)20-9-6-5-7-10-20/h5-11,15,18,21H,12-14,16-17,19H2,1-4H3/p+2/t21-,24+/m1/s1. The zero-order valence-electron chi connectivity index (χ0n) is 17.8. The minimum Gasteiger partial charge on any atom is -0.469 e. The van der Waals surface area contributed by atoms with Crippen LogP contribution in [0.1, 0.15) is 50.4 Å². The molecule has 28 heavy (non-hydrogen) atoms. The average Bonchev–Trinajstić information content (AvgIpc) is 3.15. The van der Waals surface area contributed by atoms with Crippen LogP contribution in [0.2, 0.25) is 0 Å². The normalized spacial score (nSPS) is 23.3. The molecule has 3 rings (SSSR count). The van der Waals surface area contributed by atoms with Crippen molar-refractivity contribution in [2.24, 2.45) is 5.41 Å². The lowest BCUT2D eigenvalue weighted by molar-refractivity contribution is -0.864. The van der Waals surface area contributed by atoms with Crippen LogP contribution in [0.3, 0.4) is 0 Å². The van der Waals surface area contributed by atoms with Gasteiger partial charge in [-0.05, 0) is 44.4 Å². The highest BCUT2D eigenvalue weighted by atomic mass is 16.5. The van der Waals surface area contributed by atoms with Crippen LogP contribution in [0.4, 0.5) is 0 Å². The van der Waals surface area contributed by atoms with Crippen LogP contribution in [0.15, 0.2) is 53.1 Å². The zero-order valence-corrected chi connectivity index (χ0v) is 17.8. The smallest absolute Gasteiger partial charge is 0.150 e. The Labute approximate surface area is 169 Å². The Morgan fingerprint density at radius 3 is 2.57 bits per heavy atom. The molecule has 1 aromatic heterocycles. The van der Waals surface area contributed by atoms with Crippen molar-refractivity contribution in [3.05, 3.63) is 60.1 Å². The Bertz CT molecular complexity index is 737. The molecule has 1 fully saturated rings. The second-order valence-electron chi connectivity index (χ2n) is 9.15. The highest BCUT2D eigenvalue weighted by Crippen LogP contribution is 2.36. The van der Waals surface area contributed by atoms with Gasteiger partial charge < -0.3 is 14.1 Å². The third-order valence-electron chi connectivity index (χ3n) is 5.65. The maximum Gasteiger partial charge on any atom is 0.150 e. The van der Waals surface area contributed by atoms with E-state index in [4.69, 9.17) is 9.15 Å². The SMILES string of the molecule is C[NH+](C)C[C@@]1(C=[NH+]CC[C@H](c2ccccc2)c2ccco2)CCOC(C)(C)C1. The van der Waals surface area contributed by atoms with E-state index in [1.54, 1.807) is 6.26 Å². The second kappa shape index (κ2) is 9.06. The first-order valence-corrected chi connectivity index (χ1v) is 10.5. The lowest BCUT2D eigenvalue weighted by atomic mass is 9.74. The molecule has 1 aromatic carbocycles. The van der Waals surface area contributed by atoms with E-state index in [9.17, 15) is 0 Å². The minimum absolute atomic E-state index is 0.0629. The first-order valence-electron chi connectivity index (χ1n) is 10.5. The summed E-state index contributed by atoms with van der Waals surface area (Å²) < 4.78 is 11.7. The number of rotatable bonds is 8. The third-order valence-corrected chi connectivity index (χ3v) is 5.65. The predicted octanol–water partition coefficient (Wildman–Crippen LogP) is 1.67. The Morgan fingerprint density at radius 1 is 1.14 bits per heavy atom. The van der Waals surface area contributed by atoms with Crippen LogP contribution < -0.4 is 9.89 Å². The summed E-state index contributed by atoms with van der Waals surface area (Å²) in [7, 11) is 4.47. The number of hydrogen-bond acceptors (Lipinski definition) is 2. The largest absolute Gasteiger partial charge is 0.469 e. The molecular weight excluding hydrogens is 348 g/mol. The van der Waals surface area contributed by atoms with E-state index in [0.29, 0.717) is 0 Å². The van der Waals surface area contributed by atoms with Crippen molar-refractivity contribution >= 4 is 6.21 Å². The molecule has 4 nitrogen and oxygen atoms in total. The van der Waals surface area contributed by atoms with Crippen LogP contribution in [0.25, 0.3) is 0 Å². The van der Waals surface area contributed by atoms with Crippen molar-refractivity contribution in [3.8, 4) is 0 Å². The number of ether oxygens (including phenoxy) is 1. The molecule has 1 aliphatic rings. The summed E-state index contributed by atoms with van der Waals surface area (Å²) in [5.41, 5.74) is 1.42. The molecule has 0 bridgehead atoms. The summed E-state index contributed by atoms with van der Waals surface area (Å²) in [6.07, 6.45) is 7.27. The zero-order chi connectivity index (χ0) is 20.0. The van der Waals surface area contributed by atoms with Crippen molar-refractivity contribution < 1.29 is 19.0 Å². The van der Waals surface area contributed by atoms with Gasteiger partial charge in [0.1, 0.15) is 23.9 Å². The highest BCUT2D eigenvalue weighted by molar-refractivity contribution is 5.60. The molecule has 4 heteroatoms. The van der Waals surface area contributed by atoms with Crippen molar-refractivity contribution in [3.63, 3.8) is 0 Å². The fraction of sp³-hybridized carbons (Fsp3) is 0.542. The van der Waals surface area contributed by atoms with Crippen LogP contribution in [-0.4, -0.2) is 45.6 Å². The molecular formula is C24H36N2O2+2. The van der Waals surface area contributed by atoms with E-state index in [-0.39, 0.29) is 16.9 Å². The van der Waals surface area contributed by atoms with E-state index in [2.05, 4.69) is 75.5 Å². The molecule has 2 N–H and O–H groups in total. The lowest BCUT2D eigenvalue weighted by Gasteiger charge is -2.41. The summed E-state index contributed by atoms with van der Waals surface area (Å²) >= 11 is 0. The molecule has 0 aliphatic carbocycles. The van der Waals surface area contributed by atoms with E-state index < -0.39 is 0 Å². The van der Waals surface area contributed by atoms with Crippen LogP contribution >= 0.6 is 0 Å². The van der Waals surface area contributed by atoms with Gasteiger partial charge in [0.15, 0.2) is 0 Å². The summed E-state index contributed by atoms with van der Waals surface area (Å²) in [5, 5.41) is 0. The Kier molecular flexibility index (Phi) is 6.73. The second-order valence-corrected chi connectivity index (χ2v) is 9.15. The van der Waals surface area contributed by atoms with Gasteiger partial charge in [-0.25, -0.2) is 0 Å². The van der Waals surface area contributed by atoms with Crippen molar-refractivity contribution in [1.29, 1.82) is 0 Å². The summed E-state index contributed by atoms with van der Waals surface area (Å²) in [6, 6.07) is 14.7. The molecule has 1 saturated heterocycles. The molecule has 2 atom stereocenters. The number of hydrogen-bond donors (Lipinski definition) is 2. The first-order chi connectivity index (χ1) is 13.4. The molecule has 0 amide bonds. The molecule has 0 saturated carbocycles. The summed E-state index contributed by atoms with van der Waals surface area (Å²) in [4.78, 5) is 5.15. The van der Waals surface area contributed by atoms with E-state index in [0.717, 1.165) is 44.7 Å². The van der Waals surface area contributed by atoms with Gasteiger partial charge in [-0.3, -0.25) is 4.99 Å². The van der Waals surface area contributed by atoms with Crippen molar-refractivity contribution in [2.45, 2.75) is 44.6 Å². The fourth-order valence-electron chi connectivity index (χ4n) is 4.71. The van der Waals surface area contributed by atoms with Gasteiger partial charge in [-0.15, -0.1) is 0 Å². The predicted molar refractivity (Wildman–Crippen MR) is 113 cm³/mol. The van der Waals surface area contributed by atoms with Crippen LogP contribution in [0.5, 0.6) is 0 Å². The fourth-order valence-corrected chi connectivity index (χ4v) is 4.71. The first kappa shape index (κ1) is 20.8. The van der Waals surface area contributed by atoms with E-state index in [1.165, 1.54) is 10.5 Å². The Morgan fingerprint density at radius 2 is 1.93 bits per heavy atom. The molecule has 152 valence electrons. The van der Waals surface area contributed by atoms with Gasteiger partial charge in [0.2, 0.25) is 0 Å². The number of quaternary nitrogens is 1. The van der Waals surface area contributed by atoms with Gasteiger partial charge in [0.25, 0.3) is 0 Å². The van der Waals surface area contributed by atoms with Crippen LogP contribution in [-0.2, 0) is 4.74 Å². The van der Waals surface area contributed by atoms with Crippen LogP contribution in [0, 0.1) is 5.41 Å². The van der Waals surface area contributed by atoms with E-state index in [1.807, 2.05) is 6.07 Å². The Hall–Kier alpha value is -1.91. The number of nitrogens with one attached hydrogen (secondary N) is 2. The lowest BCUT2D eigenvalue weighted by Crippen LogP contribution is -3.07. The maximum atomic E-state index is 5.98. The number of benzene rings is 1. The average molecular weight is 385 g/mol. The van der Waals surface area contributed by atoms with Gasteiger partial charge in [0.05, 0.1) is 32.5 Å². The van der Waals surface area contributed by atoms with Crippen molar-refractivity contribution in [2.75, 3.05) is 33.8 Å². The van der Waals surface area contributed by atoms with Gasteiger partial charge in [-0.2, -0.15) is 0 Å². The third kappa shape index (κ3) is 5.55. The molecule has 2 heterocycles. The van der Waals surface area contributed by atoms with Gasteiger partial charge in [0, 0.05) is 18.9 Å². The van der Waals surface area contributed by atoms with Gasteiger partial charge in [-0.1, -0.05) is 30.3 Å². The topological polar surface area (TPSA) is 40.8 Å². The molecule has 1 aliphatic heterocycles. The summed E-state index contributed by atoms with van der Waals surface area (Å²) in [6.45, 7) is 7.29. The molecule has 0 unspecified atom stereocenters. The molecule has 2 aromatic rings. The van der Waals surface area contributed by atoms with Gasteiger partial charge >= 0.3 is 0 Å². The number of furan rings is 1. The summed E-state index contributed by atoms with van der Waals surface area (Å²) in [5.74, 6) is 1.31. The monoisotopic (exact) mass is 384 g/mol. The molecule has 0 radical (unpaired) electrons. The minimum atomic E-state index is -0.0629.